The molecule has 2 amide bonds. The molecule has 1 atom stereocenters. The highest BCUT2D eigenvalue weighted by Crippen LogP contribution is 2.32. The van der Waals surface area contributed by atoms with Crippen LogP contribution in [0.4, 0.5) is 0 Å². The van der Waals surface area contributed by atoms with E-state index in [0.29, 0.717) is 44.3 Å². The van der Waals surface area contributed by atoms with Gasteiger partial charge in [0.25, 0.3) is 5.91 Å². The Morgan fingerprint density at radius 3 is 2.71 bits per heavy atom. The molecule has 1 aromatic heterocycles. The molecule has 28 heavy (non-hydrogen) atoms. The van der Waals surface area contributed by atoms with Crippen LogP contribution in [-0.4, -0.2) is 46.3 Å². The number of hydrogen-bond donors (Lipinski definition) is 1. The molecule has 0 saturated carbocycles. The van der Waals surface area contributed by atoms with Crippen molar-refractivity contribution in [2.75, 3.05) is 19.8 Å². The fourth-order valence-electron chi connectivity index (χ4n) is 3.45. The summed E-state index contributed by atoms with van der Waals surface area (Å²) in [5.41, 5.74) is 2.17. The van der Waals surface area contributed by atoms with Crippen molar-refractivity contribution in [2.45, 2.75) is 39.4 Å². The molecule has 2 aliphatic rings. The van der Waals surface area contributed by atoms with E-state index in [1.54, 1.807) is 22.6 Å². The van der Waals surface area contributed by atoms with Crippen molar-refractivity contribution in [3.05, 3.63) is 41.2 Å². The standard InChI is InChI=1S/C20H24N4O4/c1-13(15-4-5-18-19(10-15)28-9-3-8-27-18)21-20(26)17-11-16-12-23(14(2)25)6-7-24(16)22-17/h4-5,10-11,13H,3,6-9,12H2,1-2H3,(H,21,26)/t13-/m0/s1. The van der Waals surface area contributed by atoms with Crippen LogP contribution < -0.4 is 14.8 Å². The lowest BCUT2D eigenvalue weighted by Crippen LogP contribution is -2.36. The van der Waals surface area contributed by atoms with E-state index >= 15 is 0 Å². The third-order valence-corrected chi connectivity index (χ3v) is 5.10. The van der Waals surface area contributed by atoms with Crippen LogP contribution in [0.5, 0.6) is 11.5 Å². The van der Waals surface area contributed by atoms with E-state index in [4.69, 9.17) is 9.47 Å². The van der Waals surface area contributed by atoms with Gasteiger partial charge < -0.3 is 19.7 Å². The maximum absolute atomic E-state index is 12.7. The Morgan fingerprint density at radius 1 is 1.14 bits per heavy atom. The lowest BCUT2D eigenvalue weighted by Gasteiger charge is -2.26. The highest BCUT2D eigenvalue weighted by atomic mass is 16.5. The van der Waals surface area contributed by atoms with E-state index in [1.807, 2.05) is 25.1 Å². The summed E-state index contributed by atoms with van der Waals surface area (Å²) in [6.45, 7) is 6.42. The Morgan fingerprint density at radius 2 is 1.93 bits per heavy atom. The summed E-state index contributed by atoms with van der Waals surface area (Å²) in [5, 5.41) is 7.38. The number of fused-ring (bicyclic) bond motifs is 2. The van der Waals surface area contributed by atoms with Crippen LogP contribution in [0, 0.1) is 0 Å². The molecule has 0 fully saturated rings. The molecule has 8 heteroatoms. The minimum atomic E-state index is -0.240. The predicted molar refractivity (Wildman–Crippen MR) is 101 cm³/mol. The summed E-state index contributed by atoms with van der Waals surface area (Å²) in [5.74, 6) is 1.23. The number of carbonyl (C=O) groups excluding carboxylic acids is 2. The summed E-state index contributed by atoms with van der Waals surface area (Å²) in [6, 6.07) is 7.27. The predicted octanol–water partition coefficient (Wildman–Crippen LogP) is 1.90. The number of hydrogen-bond acceptors (Lipinski definition) is 5. The van der Waals surface area contributed by atoms with Gasteiger partial charge in [0, 0.05) is 19.9 Å². The van der Waals surface area contributed by atoms with E-state index in [-0.39, 0.29) is 17.9 Å². The van der Waals surface area contributed by atoms with Crippen LogP contribution in [0.2, 0.25) is 0 Å². The summed E-state index contributed by atoms with van der Waals surface area (Å²) in [7, 11) is 0. The molecule has 8 nitrogen and oxygen atoms in total. The van der Waals surface area contributed by atoms with Crippen molar-refractivity contribution in [2.24, 2.45) is 0 Å². The van der Waals surface area contributed by atoms with Crippen LogP contribution in [-0.2, 0) is 17.9 Å². The Labute approximate surface area is 163 Å². The summed E-state index contributed by atoms with van der Waals surface area (Å²) in [6.07, 6.45) is 0.850. The number of benzene rings is 1. The number of carbonyl (C=O) groups is 2. The van der Waals surface area contributed by atoms with E-state index < -0.39 is 0 Å². The topological polar surface area (TPSA) is 85.7 Å². The van der Waals surface area contributed by atoms with Crippen LogP contribution in [0.3, 0.4) is 0 Å². The quantitative estimate of drug-likeness (QED) is 0.874. The van der Waals surface area contributed by atoms with E-state index in [1.165, 1.54) is 0 Å². The Balaban J connectivity index is 1.45. The number of nitrogens with one attached hydrogen (secondary N) is 1. The zero-order chi connectivity index (χ0) is 19.7. The van der Waals surface area contributed by atoms with Crippen LogP contribution in [0.1, 0.15) is 48.1 Å². The molecule has 0 bridgehead atoms. The number of rotatable bonds is 3. The molecule has 3 heterocycles. The molecule has 0 saturated heterocycles. The molecule has 0 radical (unpaired) electrons. The van der Waals surface area contributed by atoms with Crippen molar-refractivity contribution in [1.29, 1.82) is 0 Å². The fourth-order valence-corrected chi connectivity index (χ4v) is 3.45. The number of amides is 2. The summed E-state index contributed by atoms with van der Waals surface area (Å²) >= 11 is 0. The van der Waals surface area contributed by atoms with Gasteiger partial charge >= 0.3 is 0 Å². The molecule has 0 spiro atoms. The zero-order valence-corrected chi connectivity index (χ0v) is 16.1. The second-order valence-electron chi connectivity index (χ2n) is 7.14. The number of aromatic nitrogens is 2. The molecule has 0 aliphatic carbocycles. The molecular formula is C20H24N4O4. The third-order valence-electron chi connectivity index (χ3n) is 5.10. The minimum Gasteiger partial charge on any atom is -0.490 e. The van der Waals surface area contributed by atoms with Gasteiger partial charge in [0.1, 0.15) is 0 Å². The average Bonchev–Trinajstić information content (AvgIpc) is 2.97. The van der Waals surface area contributed by atoms with E-state index in [0.717, 1.165) is 23.4 Å². The number of nitrogens with zero attached hydrogens (tertiary/aromatic N) is 3. The van der Waals surface area contributed by atoms with Crippen LogP contribution in [0.15, 0.2) is 24.3 Å². The number of ether oxygens (including phenoxy) is 2. The lowest BCUT2D eigenvalue weighted by molar-refractivity contribution is -0.130. The van der Waals surface area contributed by atoms with Crippen molar-refractivity contribution in [1.82, 2.24) is 20.0 Å². The zero-order valence-electron chi connectivity index (χ0n) is 16.1. The van der Waals surface area contributed by atoms with Gasteiger partial charge in [-0.3, -0.25) is 14.3 Å². The summed E-state index contributed by atoms with van der Waals surface area (Å²) in [4.78, 5) is 26.0. The molecule has 4 rings (SSSR count). The molecule has 1 N–H and O–H groups in total. The maximum Gasteiger partial charge on any atom is 0.272 e. The van der Waals surface area contributed by atoms with Gasteiger partial charge in [-0.05, 0) is 30.7 Å². The first-order chi connectivity index (χ1) is 13.5. The molecule has 0 unspecified atom stereocenters. The van der Waals surface area contributed by atoms with Gasteiger partial charge in [0.2, 0.25) is 5.91 Å². The molecular weight excluding hydrogens is 360 g/mol. The van der Waals surface area contributed by atoms with Gasteiger partial charge in [0.15, 0.2) is 17.2 Å². The van der Waals surface area contributed by atoms with Crippen molar-refractivity contribution in [3.63, 3.8) is 0 Å². The first-order valence-corrected chi connectivity index (χ1v) is 9.54. The van der Waals surface area contributed by atoms with Crippen molar-refractivity contribution >= 4 is 11.8 Å². The SMILES string of the molecule is CC(=O)N1CCn2nc(C(=O)N[C@@H](C)c3ccc4c(c3)OCCCO4)cc2C1. The maximum atomic E-state index is 12.7. The van der Waals surface area contributed by atoms with Crippen molar-refractivity contribution < 1.29 is 19.1 Å². The van der Waals surface area contributed by atoms with Gasteiger partial charge in [0.05, 0.1) is 38.0 Å². The van der Waals surface area contributed by atoms with Gasteiger partial charge in [-0.15, -0.1) is 0 Å². The Hall–Kier alpha value is -3.03. The lowest BCUT2D eigenvalue weighted by atomic mass is 10.1. The highest BCUT2D eigenvalue weighted by Gasteiger charge is 2.23. The second-order valence-corrected chi connectivity index (χ2v) is 7.14. The smallest absolute Gasteiger partial charge is 0.272 e. The highest BCUT2D eigenvalue weighted by molar-refractivity contribution is 5.92. The van der Waals surface area contributed by atoms with Crippen LogP contribution in [0.25, 0.3) is 0 Å². The van der Waals surface area contributed by atoms with Crippen molar-refractivity contribution in [3.8, 4) is 11.5 Å². The van der Waals surface area contributed by atoms with Gasteiger partial charge in [-0.25, -0.2) is 0 Å². The van der Waals surface area contributed by atoms with Gasteiger partial charge in [-0.1, -0.05) is 6.07 Å². The Bertz CT molecular complexity index is 908. The second kappa shape index (κ2) is 7.53. The largest absolute Gasteiger partial charge is 0.490 e. The fraction of sp³-hybridized carbons (Fsp3) is 0.450. The van der Waals surface area contributed by atoms with Gasteiger partial charge in [-0.2, -0.15) is 5.10 Å². The minimum absolute atomic E-state index is 0.0291. The monoisotopic (exact) mass is 384 g/mol. The molecule has 148 valence electrons. The van der Waals surface area contributed by atoms with Crippen LogP contribution >= 0.6 is 0 Å². The van der Waals surface area contributed by atoms with E-state index in [2.05, 4.69) is 10.4 Å². The third kappa shape index (κ3) is 3.67. The molecule has 2 aliphatic heterocycles. The first-order valence-electron chi connectivity index (χ1n) is 9.54. The molecule has 1 aromatic carbocycles. The van der Waals surface area contributed by atoms with E-state index in [9.17, 15) is 9.59 Å². The normalized spacial score (nSPS) is 16.7. The molecule has 2 aromatic rings. The first kappa shape index (κ1) is 18.3. The summed E-state index contributed by atoms with van der Waals surface area (Å²) < 4.78 is 13.2. The Kier molecular flexibility index (Phi) is 4.93. The average molecular weight is 384 g/mol.